The molecule has 1 aromatic rings. The molecule has 0 saturated heterocycles. The Balaban J connectivity index is 0.000000671. The van der Waals surface area contributed by atoms with Gasteiger partial charge in [0.1, 0.15) is 0 Å². The van der Waals surface area contributed by atoms with Crippen molar-refractivity contribution < 1.29 is 0 Å². The molecule has 0 fully saturated rings. The van der Waals surface area contributed by atoms with Crippen molar-refractivity contribution in [1.82, 2.24) is 0 Å². The quantitative estimate of drug-likeness (QED) is 0.502. The molecule has 0 heteroatoms. The molecule has 0 radical (unpaired) electrons. The minimum absolute atomic E-state index is 1.00. The topological polar surface area (TPSA) is 0 Å². The van der Waals surface area contributed by atoms with E-state index < -0.39 is 0 Å². The summed E-state index contributed by atoms with van der Waals surface area (Å²) >= 11 is 0. The van der Waals surface area contributed by atoms with E-state index in [9.17, 15) is 0 Å². The maximum Gasteiger partial charge on any atom is -0.0163 e. The number of benzene rings is 1. The Labute approximate surface area is 147 Å². The van der Waals surface area contributed by atoms with Crippen LogP contribution in [0.5, 0.6) is 0 Å². The SMILES string of the molecule is C1=CC=CC(c2cccc(C3=CC=CCC=C3)c2)=CC=1.CC.CC. The highest BCUT2D eigenvalue weighted by atomic mass is 14.1. The predicted octanol–water partition coefficient (Wildman–Crippen LogP) is 7.30. The molecule has 0 unspecified atom stereocenters. The van der Waals surface area contributed by atoms with Crippen LogP contribution < -0.4 is 0 Å². The molecule has 3 rings (SSSR count). The summed E-state index contributed by atoms with van der Waals surface area (Å²) in [5, 5.41) is 0. The zero-order chi connectivity index (χ0) is 17.6. The third-order valence-corrected chi connectivity index (χ3v) is 3.34. The van der Waals surface area contributed by atoms with Crippen LogP contribution in [0, 0.1) is 0 Å². The Morgan fingerprint density at radius 3 is 2.21 bits per heavy atom. The third-order valence-electron chi connectivity index (χ3n) is 3.34. The molecule has 0 bridgehead atoms. The van der Waals surface area contributed by atoms with Gasteiger partial charge in [0.25, 0.3) is 0 Å². The maximum atomic E-state index is 3.09. The molecule has 0 saturated carbocycles. The zero-order valence-electron chi connectivity index (χ0n) is 15.3. The molecular weight excluding hydrogens is 288 g/mol. The number of hydrogen-bond acceptors (Lipinski definition) is 0. The fraction of sp³-hybridized carbons (Fsp3) is 0.208. The number of hydrogen-bond donors (Lipinski definition) is 0. The Morgan fingerprint density at radius 2 is 1.46 bits per heavy atom. The van der Waals surface area contributed by atoms with Crippen LogP contribution in [-0.4, -0.2) is 0 Å². The van der Waals surface area contributed by atoms with Crippen LogP contribution in [0.25, 0.3) is 11.1 Å². The summed E-state index contributed by atoms with van der Waals surface area (Å²) in [6.07, 6.45) is 22.0. The van der Waals surface area contributed by atoms with Crippen molar-refractivity contribution in [2.75, 3.05) is 0 Å². The molecule has 0 atom stereocenters. The molecule has 24 heavy (non-hydrogen) atoms. The van der Waals surface area contributed by atoms with Crippen LogP contribution in [0.2, 0.25) is 0 Å². The lowest BCUT2D eigenvalue weighted by Gasteiger charge is -2.06. The molecule has 0 nitrogen and oxygen atoms in total. The first-order valence-electron chi connectivity index (χ1n) is 8.87. The van der Waals surface area contributed by atoms with Crippen molar-refractivity contribution in [3.8, 4) is 0 Å². The van der Waals surface area contributed by atoms with Crippen LogP contribution in [-0.2, 0) is 0 Å². The van der Waals surface area contributed by atoms with E-state index in [1.165, 1.54) is 22.3 Å². The third kappa shape index (κ3) is 5.91. The van der Waals surface area contributed by atoms with Gasteiger partial charge in [-0.25, -0.2) is 0 Å². The van der Waals surface area contributed by atoms with Crippen molar-refractivity contribution >= 4 is 11.1 Å². The van der Waals surface area contributed by atoms with E-state index in [0.29, 0.717) is 0 Å². The predicted molar refractivity (Wildman–Crippen MR) is 110 cm³/mol. The molecule has 124 valence electrons. The summed E-state index contributed by atoms with van der Waals surface area (Å²) in [5.74, 6) is 0. The van der Waals surface area contributed by atoms with Crippen molar-refractivity contribution in [2.24, 2.45) is 0 Å². The van der Waals surface area contributed by atoms with Crippen LogP contribution in [0.4, 0.5) is 0 Å². The Morgan fingerprint density at radius 1 is 0.750 bits per heavy atom. The average Bonchev–Trinajstić information content (AvgIpc) is 3.10. The lowest BCUT2D eigenvalue weighted by atomic mass is 9.98. The van der Waals surface area contributed by atoms with Gasteiger partial charge in [0.15, 0.2) is 0 Å². The minimum Gasteiger partial charge on any atom is -0.121 e. The molecular formula is C24H28. The first-order chi connectivity index (χ1) is 11.9. The second-order valence-electron chi connectivity index (χ2n) is 4.75. The summed E-state index contributed by atoms with van der Waals surface area (Å²) in [7, 11) is 0. The molecule has 2 aliphatic carbocycles. The first-order valence-corrected chi connectivity index (χ1v) is 8.87. The lowest BCUT2D eigenvalue weighted by molar-refractivity contribution is 1.41. The van der Waals surface area contributed by atoms with Gasteiger partial charge in [0.2, 0.25) is 0 Å². The summed E-state index contributed by atoms with van der Waals surface area (Å²) in [5.41, 5.74) is 8.04. The summed E-state index contributed by atoms with van der Waals surface area (Å²) < 4.78 is 0. The van der Waals surface area contributed by atoms with Gasteiger partial charge in [-0.3, -0.25) is 0 Å². The fourth-order valence-corrected chi connectivity index (χ4v) is 2.30. The van der Waals surface area contributed by atoms with E-state index in [1.54, 1.807) is 0 Å². The van der Waals surface area contributed by atoms with E-state index in [-0.39, 0.29) is 0 Å². The smallest absolute Gasteiger partial charge is 0.0163 e. The largest absolute Gasteiger partial charge is 0.121 e. The second kappa shape index (κ2) is 11.9. The van der Waals surface area contributed by atoms with Gasteiger partial charge in [-0.05, 0) is 53.0 Å². The van der Waals surface area contributed by atoms with E-state index >= 15 is 0 Å². The summed E-state index contributed by atoms with van der Waals surface area (Å²) in [6.45, 7) is 8.00. The molecule has 0 N–H and O–H groups in total. The van der Waals surface area contributed by atoms with Crippen LogP contribution >= 0.6 is 0 Å². The normalized spacial score (nSPS) is 14.3. The molecule has 2 aliphatic rings. The van der Waals surface area contributed by atoms with Gasteiger partial charge in [-0.2, -0.15) is 0 Å². The highest BCUT2D eigenvalue weighted by Crippen LogP contribution is 2.24. The van der Waals surface area contributed by atoms with Crippen LogP contribution in [0.3, 0.4) is 0 Å². The Bertz CT molecular complexity index is 695. The van der Waals surface area contributed by atoms with Crippen molar-refractivity contribution in [3.05, 3.63) is 102 Å². The zero-order valence-corrected chi connectivity index (χ0v) is 15.3. The van der Waals surface area contributed by atoms with Gasteiger partial charge in [-0.1, -0.05) is 88.4 Å². The molecule has 0 aliphatic heterocycles. The van der Waals surface area contributed by atoms with Gasteiger partial charge < -0.3 is 0 Å². The molecule has 0 heterocycles. The highest BCUT2D eigenvalue weighted by molar-refractivity contribution is 5.81. The Hall–Kier alpha value is -2.56. The molecule has 0 aromatic heterocycles. The highest BCUT2D eigenvalue weighted by Gasteiger charge is 2.03. The number of rotatable bonds is 2. The maximum absolute atomic E-state index is 3.09. The molecule has 0 amide bonds. The molecule has 1 aromatic carbocycles. The standard InChI is InChI=1S/C20H16.2C2H6/c1-2-6-11-17(10-5-1)19-14-9-15-20(16-19)18-12-7-3-4-8-13-18;2*1-2/h1,3,5-16H,2H2;2*1-2H3. The van der Waals surface area contributed by atoms with Crippen LogP contribution in [0.15, 0.2) is 90.8 Å². The molecule has 0 spiro atoms. The van der Waals surface area contributed by atoms with Gasteiger partial charge in [0, 0.05) is 0 Å². The first kappa shape index (κ1) is 19.5. The van der Waals surface area contributed by atoms with Crippen molar-refractivity contribution in [2.45, 2.75) is 34.1 Å². The van der Waals surface area contributed by atoms with Crippen molar-refractivity contribution in [3.63, 3.8) is 0 Å². The second-order valence-corrected chi connectivity index (χ2v) is 4.75. The Kier molecular flexibility index (Phi) is 9.69. The van der Waals surface area contributed by atoms with E-state index in [0.717, 1.165) is 6.42 Å². The fourth-order valence-electron chi connectivity index (χ4n) is 2.30. The van der Waals surface area contributed by atoms with Crippen LogP contribution in [0.1, 0.15) is 45.2 Å². The van der Waals surface area contributed by atoms with Gasteiger partial charge >= 0.3 is 0 Å². The van der Waals surface area contributed by atoms with E-state index in [2.05, 4.69) is 72.5 Å². The minimum atomic E-state index is 1.00. The van der Waals surface area contributed by atoms with Gasteiger partial charge in [0.05, 0.1) is 0 Å². The summed E-state index contributed by atoms with van der Waals surface area (Å²) in [6, 6.07) is 8.67. The van der Waals surface area contributed by atoms with Crippen molar-refractivity contribution in [1.29, 1.82) is 0 Å². The van der Waals surface area contributed by atoms with Gasteiger partial charge in [-0.15, -0.1) is 5.73 Å². The van der Waals surface area contributed by atoms with E-state index in [4.69, 9.17) is 0 Å². The average molecular weight is 316 g/mol. The lowest BCUT2D eigenvalue weighted by Crippen LogP contribution is -1.86. The number of allylic oxidation sites excluding steroid dienone is 11. The summed E-state index contributed by atoms with van der Waals surface area (Å²) in [4.78, 5) is 0. The van der Waals surface area contributed by atoms with E-state index in [1.807, 2.05) is 45.9 Å². The monoisotopic (exact) mass is 316 g/mol.